The highest BCUT2D eigenvalue weighted by molar-refractivity contribution is 7.98. The van der Waals surface area contributed by atoms with E-state index in [2.05, 4.69) is 4.98 Å². The molecule has 0 bridgehead atoms. The molecule has 1 fully saturated rings. The van der Waals surface area contributed by atoms with E-state index >= 15 is 0 Å². The normalized spacial score (nSPS) is 17.2. The molecule has 1 aliphatic rings. The highest BCUT2D eigenvalue weighted by Gasteiger charge is 2.29. The zero-order chi connectivity index (χ0) is 25.9. The highest BCUT2D eigenvalue weighted by atomic mass is 32.2. The maximum Gasteiger partial charge on any atom is 0.243 e. The summed E-state index contributed by atoms with van der Waals surface area (Å²) in [6, 6.07) is 7.03. The molecule has 11 heteroatoms. The third-order valence-corrected chi connectivity index (χ3v) is 9.17. The lowest BCUT2D eigenvalue weighted by Gasteiger charge is -2.30. The van der Waals surface area contributed by atoms with Crippen molar-refractivity contribution in [1.82, 2.24) is 13.9 Å². The molecule has 2 heterocycles. The number of aryl methyl sites for hydroxylation is 1. The number of sulfonamides is 1. The van der Waals surface area contributed by atoms with E-state index in [-0.39, 0.29) is 16.2 Å². The van der Waals surface area contributed by atoms with Gasteiger partial charge in [-0.3, -0.25) is 0 Å². The van der Waals surface area contributed by atoms with E-state index in [0.717, 1.165) is 24.4 Å². The van der Waals surface area contributed by atoms with Crippen LogP contribution in [0.15, 0.2) is 40.4 Å². The maximum absolute atomic E-state index is 14.2. The lowest BCUT2D eigenvalue weighted by molar-refractivity contribution is 0.141. The zero-order valence-electron chi connectivity index (χ0n) is 20.3. The number of fused-ring (bicyclic) bond motifs is 1. The van der Waals surface area contributed by atoms with Gasteiger partial charge in [0.15, 0.2) is 22.6 Å². The third kappa shape index (κ3) is 5.74. The molecule has 6 nitrogen and oxygen atoms in total. The molecule has 1 aliphatic heterocycles. The Labute approximate surface area is 213 Å². The lowest BCUT2D eigenvalue weighted by Crippen LogP contribution is -2.39. The molecule has 0 radical (unpaired) electrons. The first-order valence-electron chi connectivity index (χ1n) is 12.1. The van der Waals surface area contributed by atoms with Gasteiger partial charge in [-0.15, -0.1) is 0 Å². The van der Waals surface area contributed by atoms with Gasteiger partial charge in [-0.25, -0.2) is 26.6 Å². The Balaban J connectivity index is 1.65. The van der Waals surface area contributed by atoms with Crippen molar-refractivity contribution in [2.75, 3.05) is 26.3 Å². The predicted octanol–water partition coefficient (Wildman–Crippen LogP) is 5.59. The summed E-state index contributed by atoms with van der Waals surface area (Å²) in [4.78, 5) is 4.83. The van der Waals surface area contributed by atoms with Crippen LogP contribution in [0.4, 0.5) is 13.2 Å². The van der Waals surface area contributed by atoms with Gasteiger partial charge in [0.05, 0.1) is 15.9 Å². The average molecular weight is 542 g/mol. The summed E-state index contributed by atoms with van der Waals surface area (Å²) in [7, 11) is -3.65. The smallest absolute Gasteiger partial charge is 0.243 e. The van der Waals surface area contributed by atoms with Crippen molar-refractivity contribution in [3.05, 3.63) is 53.3 Å². The van der Waals surface area contributed by atoms with Gasteiger partial charge in [0.2, 0.25) is 10.0 Å². The monoisotopic (exact) mass is 541 g/mol. The summed E-state index contributed by atoms with van der Waals surface area (Å²) in [5.41, 5.74) is 1.27. The molecular weight excluding hydrogens is 511 g/mol. The summed E-state index contributed by atoms with van der Waals surface area (Å²) >= 11 is 1.18. The number of imidazole rings is 1. The van der Waals surface area contributed by atoms with Crippen molar-refractivity contribution in [2.45, 2.75) is 55.5 Å². The Morgan fingerprint density at radius 2 is 1.97 bits per heavy atom. The SMILES string of the molecule is CCOCCCn1c(SCc2ccc(F)c(F)c2F)nc2cc(S(=O)(=O)N3CCC[C@H](C)C3)ccc21. The number of piperidine rings is 1. The van der Waals surface area contributed by atoms with E-state index in [4.69, 9.17) is 4.74 Å². The van der Waals surface area contributed by atoms with Crippen LogP contribution in [0, 0.1) is 23.4 Å². The number of hydrogen-bond acceptors (Lipinski definition) is 5. The Morgan fingerprint density at radius 3 is 2.72 bits per heavy atom. The molecule has 0 unspecified atom stereocenters. The fraction of sp³-hybridized carbons (Fsp3) is 0.480. The number of nitrogens with zero attached hydrogens (tertiary/aromatic N) is 3. The molecular formula is C25H30F3N3O3S2. The Hall–Kier alpha value is -2.08. The van der Waals surface area contributed by atoms with Crippen LogP contribution in [0.25, 0.3) is 11.0 Å². The van der Waals surface area contributed by atoms with Gasteiger partial charge in [0.1, 0.15) is 0 Å². The van der Waals surface area contributed by atoms with Gasteiger partial charge in [0.25, 0.3) is 0 Å². The Kier molecular flexibility index (Phi) is 8.64. The second-order valence-electron chi connectivity index (χ2n) is 8.98. The van der Waals surface area contributed by atoms with Gasteiger partial charge < -0.3 is 9.30 Å². The van der Waals surface area contributed by atoms with Crippen molar-refractivity contribution < 1.29 is 26.3 Å². The van der Waals surface area contributed by atoms with Gasteiger partial charge in [-0.1, -0.05) is 24.8 Å². The van der Waals surface area contributed by atoms with Crippen LogP contribution in [0.5, 0.6) is 0 Å². The number of halogens is 3. The van der Waals surface area contributed by atoms with Gasteiger partial charge >= 0.3 is 0 Å². The van der Waals surface area contributed by atoms with Crippen molar-refractivity contribution in [2.24, 2.45) is 5.92 Å². The second-order valence-corrected chi connectivity index (χ2v) is 11.9. The standard InChI is InChI=1S/C25H30F3N3O3S2/c1-3-34-13-5-12-31-22-10-8-19(36(32,33)30-11-4-6-17(2)15-30)14-21(22)29-25(31)35-16-18-7-9-20(26)24(28)23(18)27/h7-10,14,17H,3-6,11-13,15-16H2,1-2H3/t17-/m0/s1. The van der Waals surface area contributed by atoms with Gasteiger partial charge in [0, 0.05) is 44.2 Å². The molecule has 36 heavy (non-hydrogen) atoms. The van der Waals surface area contributed by atoms with Crippen LogP contribution in [0.3, 0.4) is 0 Å². The number of benzene rings is 2. The average Bonchev–Trinajstić information content (AvgIpc) is 3.21. The summed E-state index contributed by atoms with van der Waals surface area (Å²) in [5.74, 6) is -3.61. The second kappa shape index (κ2) is 11.5. The van der Waals surface area contributed by atoms with E-state index in [0.29, 0.717) is 55.9 Å². The van der Waals surface area contributed by atoms with Crippen LogP contribution >= 0.6 is 11.8 Å². The number of rotatable bonds is 10. The van der Waals surface area contributed by atoms with E-state index in [1.54, 1.807) is 18.2 Å². The topological polar surface area (TPSA) is 64.4 Å². The van der Waals surface area contributed by atoms with Crippen LogP contribution in [-0.2, 0) is 27.1 Å². The summed E-state index contributed by atoms with van der Waals surface area (Å²) in [6.45, 7) is 6.64. The molecule has 1 aromatic heterocycles. The van der Waals surface area contributed by atoms with Crippen molar-refractivity contribution >= 4 is 32.8 Å². The van der Waals surface area contributed by atoms with E-state index in [9.17, 15) is 21.6 Å². The molecule has 0 saturated carbocycles. The van der Waals surface area contributed by atoms with Crippen LogP contribution in [-0.4, -0.2) is 48.6 Å². The Morgan fingerprint density at radius 1 is 1.17 bits per heavy atom. The predicted molar refractivity (Wildman–Crippen MR) is 134 cm³/mol. The van der Waals surface area contributed by atoms with E-state index in [1.807, 2.05) is 18.4 Å². The Bertz CT molecular complexity index is 1330. The lowest BCUT2D eigenvalue weighted by atomic mass is 10.0. The summed E-state index contributed by atoms with van der Waals surface area (Å²) in [5, 5.41) is 0.534. The van der Waals surface area contributed by atoms with Crippen LogP contribution in [0.1, 0.15) is 38.7 Å². The number of thioether (sulfide) groups is 1. The minimum Gasteiger partial charge on any atom is -0.382 e. The highest BCUT2D eigenvalue weighted by Crippen LogP contribution is 2.31. The zero-order valence-corrected chi connectivity index (χ0v) is 22.0. The first-order chi connectivity index (χ1) is 17.2. The fourth-order valence-corrected chi connectivity index (χ4v) is 7.01. The molecule has 0 N–H and O–H groups in total. The van der Waals surface area contributed by atoms with Gasteiger partial charge in [-0.05, 0) is 56.4 Å². The molecule has 0 spiro atoms. The van der Waals surface area contributed by atoms with Crippen molar-refractivity contribution in [1.29, 1.82) is 0 Å². The van der Waals surface area contributed by atoms with Crippen LogP contribution in [0.2, 0.25) is 0 Å². The molecule has 2 aromatic carbocycles. The fourth-order valence-electron chi connectivity index (χ4n) is 4.38. The minimum atomic E-state index is -3.65. The maximum atomic E-state index is 14.2. The molecule has 1 saturated heterocycles. The molecule has 0 aliphatic carbocycles. The largest absolute Gasteiger partial charge is 0.382 e. The number of ether oxygens (including phenoxy) is 1. The van der Waals surface area contributed by atoms with Crippen molar-refractivity contribution in [3.8, 4) is 0 Å². The van der Waals surface area contributed by atoms with Crippen molar-refractivity contribution in [3.63, 3.8) is 0 Å². The molecule has 4 rings (SSSR count). The minimum absolute atomic E-state index is 0.0225. The molecule has 196 valence electrons. The van der Waals surface area contributed by atoms with E-state index in [1.165, 1.54) is 22.1 Å². The molecule has 3 aromatic rings. The van der Waals surface area contributed by atoms with Gasteiger partial charge in [-0.2, -0.15) is 4.31 Å². The first kappa shape index (κ1) is 27.0. The van der Waals surface area contributed by atoms with E-state index < -0.39 is 27.5 Å². The summed E-state index contributed by atoms with van der Waals surface area (Å²) in [6.07, 6.45) is 2.53. The quantitative estimate of drug-likeness (QED) is 0.190. The molecule has 0 amide bonds. The summed E-state index contributed by atoms with van der Waals surface area (Å²) < 4.78 is 76.7. The molecule has 1 atom stereocenters. The first-order valence-corrected chi connectivity index (χ1v) is 14.5. The number of aromatic nitrogens is 2. The van der Waals surface area contributed by atoms with Crippen LogP contribution < -0.4 is 0 Å². The third-order valence-electron chi connectivity index (χ3n) is 6.29. The number of hydrogen-bond donors (Lipinski definition) is 0.